The van der Waals surface area contributed by atoms with Crippen LogP contribution in [-0.2, 0) is 9.59 Å². The molecule has 1 aromatic carbocycles. The number of likely N-dealkylation sites (tertiary alicyclic amines) is 1. The van der Waals surface area contributed by atoms with Gasteiger partial charge in [0.05, 0.1) is 6.54 Å². The fourth-order valence-corrected chi connectivity index (χ4v) is 2.76. The first kappa shape index (κ1) is 17.5. The third kappa shape index (κ3) is 5.06. The lowest BCUT2D eigenvalue weighted by Crippen LogP contribution is -2.38. The minimum Gasteiger partial charge on any atom is -0.326 e. The van der Waals surface area contributed by atoms with E-state index in [0.717, 1.165) is 48.8 Å². The number of hydrogen-bond donors (Lipinski definition) is 2. The number of benzene rings is 1. The smallest absolute Gasteiger partial charge is 0.238 e. The lowest BCUT2D eigenvalue weighted by molar-refractivity contribution is -0.117. The van der Waals surface area contributed by atoms with Crippen LogP contribution in [0.5, 0.6) is 0 Å². The molecule has 1 aliphatic rings. The third-order valence-electron chi connectivity index (χ3n) is 4.45. The van der Waals surface area contributed by atoms with Gasteiger partial charge >= 0.3 is 0 Å². The summed E-state index contributed by atoms with van der Waals surface area (Å²) in [5.74, 6) is 0.732. The zero-order chi connectivity index (χ0) is 16.8. The first-order chi connectivity index (χ1) is 11.0. The third-order valence-corrected chi connectivity index (χ3v) is 4.45. The van der Waals surface area contributed by atoms with Gasteiger partial charge in [0.15, 0.2) is 0 Å². The normalized spacial score (nSPS) is 16.1. The summed E-state index contributed by atoms with van der Waals surface area (Å²) in [7, 11) is 0. The molecule has 1 aromatic rings. The zero-order valence-electron chi connectivity index (χ0n) is 14.3. The molecule has 1 saturated heterocycles. The lowest BCUT2D eigenvalue weighted by Gasteiger charge is -2.29. The van der Waals surface area contributed by atoms with Crippen molar-refractivity contribution in [3.63, 3.8) is 0 Å². The zero-order valence-corrected chi connectivity index (χ0v) is 14.3. The summed E-state index contributed by atoms with van der Waals surface area (Å²) >= 11 is 0. The Bertz CT molecular complexity index is 563. The average Bonchev–Trinajstić information content (AvgIpc) is 2.53. The second kappa shape index (κ2) is 8.11. The van der Waals surface area contributed by atoms with Gasteiger partial charge in [-0.2, -0.15) is 0 Å². The van der Waals surface area contributed by atoms with Crippen LogP contribution in [0.3, 0.4) is 0 Å². The number of carbonyl (C=O) groups excluding carboxylic acids is 2. The van der Waals surface area contributed by atoms with Gasteiger partial charge in [0.1, 0.15) is 0 Å². The van der Waals surface area contributed by atoms with Crippen molar-refractivity contribution in [3.8, 4) is 0 Å². The molecule has 0 atom stereocenters. The Labute approximate surface area is 138 Å². The molecule has 2 rings (SSSR count). The highest BCUT2D eigenvalue weighted by molar-refractivity contribution is 5.96. The first-order valence-corrected chi connectivity index (χ1v) is 8.41. The molecular weight excluding hydrogens is 290 g/mol. The Balaban J connectivity index is 1.95. The van der Waals surface area contributed by atoms with Crippen molar-refractivity contribution < 1.29 is 9.59 Å². The molecule has 23 heavy (non-hydrogen) atoms. The van der Waals surface area contributed by atoms with Gasteiger partial charge < -0.3 is 10.6 Å². The van der Waals surface area contributed by atoms with Crippen LogP contribution < -0.4 is 10.6 Å². The molecule has 5 heteroatoms. The first-order valence-electron chi connectivity index (χ1n) is 8.41. The van der Waals surface area contributed by atoms with E-state index < -0.39 is 0 Å². The number of piperidine rings is 1. The Morgan fingerprint density at radius 2 is 1.70 bits per heavy atom. The number of anilines is 2. The van der Waals surface area contributed by atoms with E-state index in [-0.39, 0.29) is 11.8 Å². The predicted molar refractivity (Wildman–Crippen MR) is 93.6 cm³/mol. The van der Waals surface area contributed by atoms with E-state index >= 15 is 0 Å². The molecule has 0 aromatic heterocycles. The highest BCUT2D eigenvalue weighted by Crippen LogP contribution is 2.23. The Hall–Kier alpha value is -1.88. The predicted octanol–water partition coefficient (Wildman–Crippen LogP) is 3.01. The monoisotopic (exact) mass is 317 g/mol. The van der Waals surface area contributed by atoms with Crippen LogP contribution in [0.15, 0.2) is 18.2 Å². The van der Waals surface area contributed by atoms with Gasteiger partial charge in [-0.25, -0.2) is 0 Å². The minimum absolute atomic E-state index is 0.00150. The molecule has 0 spiro atoms. The number of nitrogens with one attached hydrogen (secondary N) is 2. The molecule has 1 heterocycles. The number of rotatable bonds is 5. The summed E-state index contributed by atoms with van der Waals surface area (Å²) in [6, 6.07) is 5.56. The number of nitrogens with zero attached hydrogens (tertiary/aromatic N) is 1. The summed E-state index contributed by atoms with van der Waals surface area (Å²) in [6.07, 6.45) is 2.75. The Morgan fingerprint density at radius 3 is 2.26 bits per heavy atom. The highest BCUT2D eigenvalue weighted by atomic mass is 16.2. The summed E-state index contributed by atoms with van der Waals surface area (Å²) in [4.78, 5) is 26.0. The fraction of sp³-hybridized carbons (Fsp3) is 0.556. The van der Waals surface area contributed by atoms with Crippen LogP contribution in [-0.4, -0.2) is 36.3 Å². The van der Waals surface area contributed by atoms with Crippen molar-refractivity contribution >= 4 is 23.2 Å². The summed E-state index contributed by atoms with van der Waals surface area (Å²) in [6.45, 7) is 8.38. The van der Waals surface area contributed by atoms with Crippen molar-refractivity contribution in [3.05, 3.63) is 23.8 Å². The van der Waals surface area contributed by atoms with Crippen molar-refractivity contribution in [1.82, 2.24) is 4.90 Å². The number of hydrogen-bond acceptors (Lipinski definition) is 3. The van der Waals surface area contributed by atoms with Crippen molar-refractivity contribution in [2.24, 2.45) is 5.92 Å². The summed E-state index contributed by atoms with van der Waals surface area (Å²) in [5, 5.41) is 5.83. The standard InChI is InChI=1S/C18H27N3O2/c1-4-17(22)19-15-6-5-7-16(14(15)3)20-18(23)12-21-10-8-13(2)9-11-21/h5-7,13H,4,8-12H2,1-3H3,(H,19,22)(H,20,23). The van der Waals surface area contributed by atoms with Crippen LogP contribution >= 0.6 is 0 Å². The van der Waals surface area contributed by atoms with E-state index in [0.29, 0.717) is 13.0 Å². The van der Waals surface area contributed by atoms with E-state index in [1.165, 1.54) is 0 Å². The molecule has 5 nitrogen and oxygen atoms in total. The van der Waals surface area contributed by atoms with Gasteiger partial charge in [0.25, 0.3) is 0 Å². The minimum atomic E-state index is -0.0287. The highest BCUT2D eigenvalue weighted by Gasteiger charge is 2.18. The SMILES string of the molecule is CCC(=O)Nc1cccc(NC(=O)CN2CCC(C)CC2)c1C. The molecule has 0 radical (unpaired) electrons. The maximum atomic E-state index is 12.3. The molecule has 0 saturated carbocycles. The van der Waals surface area contributed by atoms with Crippen LogP contribution in [0.4, 0.5) is 11.4 Å². The molecule has 0 bridgehead atoms. The van der Waals surface area contributed by atoms with Crippen molar-refractivity contribution in [1.29, 1.82) is 0 Å². The molecule has 1 fully saturated rings. The van der Waals surface area contributed by atoms with E-state index in [1.54, 1.807) is 0 Å². The van der Waals surface area contributed by atoms with Gasteiger partial charge in [-0.3, -0.25) is 14.5 Å². The topological polar surface area (TPSA) is 61.4 Å². The van der Waals surface area contributed by atoms with E-state index in [9.17, 15) is 9.59 Å². The number of amides is 2. The Kier molecular flexibility index (Phi) is 6.16. The van der Waals surface area contributed by atoms with Gasteiger partial charge in [-0.05, 0) is 56.5 Å². The lowest BCUT2D eigenvalue weighted by atomic mass is 9.99. The number of carbonyl (C=O) groups is 2. The van der Waals surface area contributed by atoms with Gasteiger partial charge in [-0.1, -0.05) is 19.9 Å². The van der Waals surface area contributed by atoms with Crippen molar-refractivity contribution in [2.75, 3.05) is 30.3 Å². The van der Waals surface area contributed by atoms with Crippen LogP contribution in [0, 0.1) is 12.8 Å². The summed E-state index contributed by atoms with van der Waals surface area (Å²) in [5.41, 5.74) is 2.39. The molecule has 2 N–H and O–H groups in total. The maximum Gasteiger partial charge on any atom is 0.238 e. The van der Waals surface area contributed by atoms with Crippen LogP contribution in [0.1, 0.15) is 38.7 Å². The largest absolute Gasteiger partial charge is 0.326 e. The van der Waals surface area contributed by atoms with Gasteiger partial charge in [-0.15, -0.1) is 0 Å². The molecule has 2 amide bonds. The van der Waals surface area contributed by atoms with Crippen LogP contribution in [0.25, 0.3) is 0 Å². The van der Waals surface area contributed by atoms with E-state index in [2.05, 4.69) is 22.5 Å². The van der Waals surface area contributed by atoms with E-state index in [4.69, 9.17) is 0 Å². The van der Waals surface area contributed by atoms with Gasteiger partial charge in [0, 0.05) is 17.8 Å². The second-order valence-corrected chi connectivity index (χ2v) is 6.39. The summed E-state index contributed by atoms with van der Waals surface area (Å²) < 4.78 is 0. The molecule has 1 aliphatic heterocycles. The molecule has 0 aliphatic carbocycles. The molecule has 0 unspecified atom stereocenters. The van der Waals surface area contributed by atoms with E-state index in [1.807, 2.05) is 32.0 Å². The van der Waals surface area contributed by atoms with Crippen molar-refractivity contribution in [2.45, 2.75) is 40.0 Å². The second-order valence-electron chi connectivity index (χ2n) is 6.39. The van der Waals surface area contributed by atoms with Crippen LogP contribution in [0.2, 0.25) is 0 Å². The molecule has 126 valence electrons. The molecular formula is C18H27N3O2. The quantitative estimate of drug-likeness (QED) is 0.877. The van der Waals surface area contributed by atoms with Gasteiger partial charge in [0.2, 0.25) is 11.8 Å². The Morgan fingerprint density at radius 1 is 1.13 bits per heavy atom. The maximum absolute atomic E-state index is 12.3. The fourth-order valence-electron chi connectivity index (χ4n) is 2.76. The average molecular weight is 317 g/mol.